The number of benzene rings is 2. The van der Waals surface area contributed by atoms with Crippen molar-refractivity contribution in [1.82, 2.24) is 15.1 Å². The molecule has 0 radical (unpaired) electrons. The molecule has 1 aliphatic rings. The van der Waals surface area contributed by atoms with E-state index in [0.717, 1.165) is 11.3 Å². The average molecular weight is 423 g/mol. The smallest absolute Gasteiger partial charge is 0.270 e. The van der Waals surface area contributed by atoms with Crippen molar-refractivity contribution in [3.8, 4) is 5.69 Å². The summed E-state index contributed by atoms with van der Waals surface area (Å²) >= 11 is 11.1. The van der Waals surface area contributed by atoms with Crippen LogP contribution >= 0.6 is 23.8 Å². The molecule has 4 rings (SSSR count). The van der Waals surface area contributed by atoms with Gasteiger partial charge < -0.3 is 0 Å². The molecule has 144 valence electrons. The number of carbonyl (C=O) groups is 2. The van der Waals surface area contributed by atoms with Crippen LogP contribution in [0.15, 0.2) is 66.5 Å². The maximum atomic E-state index is 13.0. The highest BCUT2D eigenvalue weighted by Crippen LogP contribution is 2.23. The molecule has 0 bridgehead atoms. The summed E-state index contributed by atoms with van der Waals surface area (Å²) in [5, 5.41) is 7.42. The molecule has 2 heterocycles. The molecule has 6 nitrogen and oxygen atoms in total. The lowest BCUT2D eigenvalue weighted by Crippen LogP contribution is -2.54. The molecule has 1 N–H and O–H groups in total. The number of hydrogen-bond acceptors (Lipinski definition) is 4. The number of anilines is 1. The van der Waals surface area contributed by atoms with E-state index < -0.39 is 11.8 Å². The summed E-state index contributed by atoms with van der Waals surface area (Å²) in [4.78, 5) is 26.7. The second-order valence-electron chi connectivity index (χ2n) is 6.49. The summed E-state index contributed by atoms with van der Waals surface area (Å²) in [5.41, 5.74) is 3.13. The van der Waals surface area contributed by atoms with Gasteiger partial charge in [-0.05, 0) is 61.6 Å². The summed E-state index contributed by atoms with van der Waals surface area (Å²) in [6.07, 6.45) is 4.84. The quantitative estimate of drug-likeness (QED) is 0.397. The van der Waals surface area contributed by atoms with E-state index in [9.17, 15) is 9.59 Å². The zero-order valence-corrected chi connectivity index (χ0v) is 16.9. The fourth-order valence-electron chi connectivity index (χ4n) is 2.90. The summed E-state index contributed by atoms with van der Waals surface area (Å²) in [5.74, 6) is -1.06. The van der Waals surface area contributed by atoms with Gasteiger partial charge in [0.2, 0.25) is 0 Å². The number of hydrogen-bond donors (Lipinski definition) is 1. The number of rotatable bonds is 3. The van der Waals surface area contributed by atoms with E-state index in [2.05, 4.69) is 10.4 Å². The summed E-state index contributed by atoms with van der Waals surface area (Å²) in [6.45, 7) is 2.01. The van der Waals surface area contributed by atoms with Crippen LogP contribution in [0.2, 0.25) is 5.02 Å². The summed E-state index contributed by atoms with van der Waals surface area (Å²) in [7, 11) is 0. The maximum Gasteiger partial charge on any atom is 0.270 e. The van der Waals surface area contributed by atoms with E-state index >= 15 is 0 Å². The van der Waals surface area contributed by atoms with Gasteiger partial charge in [-0.1, -0.05) is 29.3 Å². The predicted molar refractivity (Wildman–Crippen MR) is 116 cm³/mol. The van der Waals surface area contributed by atoms with Crippen LogP contribution in [0.25, 0.3) is 11.8 Å². The Morgan fingerprint density at radius 2 is 1.69 bits per heavy atom. The first-order valence-electron chi connectivity index (χ1n) is 8.71. The lowest BCUT2D eigenvalue weighted by Gasteiger charge is -2.28. The van der Waals surface area contributed by atoms with E-state index in [4.69, 9.17) is 23.8 Å². The Hall–Kier alpha value is -3.29. The molecule has 2 aromatic carbocycles. The van der Waals surface area contributed by atoms with Crippen LogP contribution < -0.4 is 10.2 Å². The maximum absolute atomic E-state index is 13.0. The van der Waals surface area contributed by atoms with Gasteiger partial charge in [-0.25, -0.2) is 4.68 Å². The van der Waals surface area contributed by atoms with Gasteiger partial charge in [0.1, 0.15) is 5.57 Å². The van der Waals surface area contributed by atoms with E-state index in [1.165, 1.54) is 11.0 Å². The van der Waals surface area contributed by atoms with Crippen molar-refractivity contribution in [3.05, 3.63) is 82.6 Å². The minimum atomic E-state index is -0.548. The second-order valence-corrected chi connectivity index (χ2v) is 7.31. The van der Waals surface area contributed by atoms with Gasteiger partial charge in [-0.2, -0.15) is 5.10 Å². The molecule has 0 aliphatic carbocycles. The minimum Gasteiger partial charge on any atom is -0.298 e. The molecule has 29 heavy (non-hydrogen) atoms. The topological polar surface area (TPSA) is 67.2 Å². The van der Waals surface area contributed by atoms with Gasteiger partial charge >= 0.3 is 0 Å². The van der Waals surface area contributed by atoms with Crippen molar-refractivity contribution in [2.24, 2.45) is 0 Å². The SMILES string of the molecule is Cc1ccc(-n2cc(C=C3C(=O)NC(=S)N(c4ccc(Cl)cc4)C3=O)cn2)cc1. The summed E-state index contributed by atoms with van der Waals surface area (Å²) < 4.78 is 1.68. The lowest BCUT2D eigenvalue weighted by molar-refractivity contribution is -0.122. The molecule has 8 heteroatoms. The van der Waals surface area contributed by atoms with Crippen LogP contribution in [0.3, 0.4) is 0 Å². The van der Waals surface area contributed by atoms with Crippen molar-refractivity contribution < 1.29 is 9.59 Å². The number of thiocarbonyl (C=S) groups is 1. The molecule has 1 aromatic heterocycles. The highest BCUT2D eigenvalue weighted by molar-refractivity contribution is 7.80. The number of aryl methyl sites for hydroxylation is 1. The number of nitrogens with one attached hydrogen (secondary N) is 1. The summed E-state index contributed by atoms with van der Waals surface area (Å²) in [6, 6.07) is 14.5. The van der Waals surface area contributed by atoms with Gasteiger partial charge in [-0.15, -0.1) is 0 Å². The van der Waals surface area contributed by atoms with Crippen LogP contribution in [0.1, 0.15) is 11.1 Å². The Labute approximate surface area is 177 Å². The van der Waals surface area contributed by atoms with Crippen LogP contribution in [0, 0.1) is 6.92 Å². The standard InChI is InChI=1S/C21H15ClN4O2S/c1-13-2-6-16(7-3-13)25-12-14(11-23-25)10-18-19(27)24-21(29)26(20(18)28)17-8-4-15(22)5-9-17/h2-12H,1H3,(H,24,27,29). The Balaban J connectivity index is 1.66. The minimum absolute atomic E-state index is 0.0230. The monoisotopic (exact) mass is 422 g/mol. The lowest BCUT2D eigenvalue weighted by atomic mass is 10.1. The van der Waals surface area contributed by atoms with Gasteiger partial charge in [0.25, 0.3) is 11.8 Å². The van der Waals surface area contributed by atoms with Gasteiger partial charge in [0.15, 0.2) is 5.11 Å². The van der Waals surface area contributed by atoms with Gasteiger partial charge in [0.05, 0.1) is 17.6 Å². The molecule has 0 saturated carbocycles. The Bertz CT molecular complexity index is 1150. The molecule has 1 aliphatic heterocycles. The fourth-order valence-corrected chi connectivity index (χ4v) is 3.31. The normalized spacial score (nSPS) is 15.7. The molecule has 3 aromatic rings. The van der Waals surface area contributed by atoms with Crippen LogP contribution in [-0.4, -0.2) is 26.7 Å². The van der Waals surface area contributed by atoms with Crippen molar-refractivity contribution in [3.63, 3.8) is 0 Å². The van der Waals surface area contributed by atoms with E-state index in [0.29, 0.717) is 16.3 Å². The van der Waals surface area contributed by atoms with Crippen molar-refractivity contribution in [2.45, 2.75) is 6.92 Å². The third-order valence-corrected chi connectivity index (χ3v) is 4.94. The molecule has 2 amide bonds. The zero-order chi connectivity index (χ0) is 20.5. The zero-order valence-electron chi connectivity index (χ0n) is 15.3. The first-order chi connectivity index (χ1) is 13.9. The van der Waals surface area contributed by atoms with Crippen LogP contribution in [0.5, 0.6) is 0 Å². The number of halogens is 1. The van der Waals surface area contributed by atoms with Gasteiger partial charge in [0, 0.05) is 16.8 Å². The second kappa shape index (κ2) is 7.62. The Morgan fingerprint density at radius 3 is 2.38 bits per heavy atom. The van der Waals surface area contributed by atoms with Gasteiger partial charge in [-0.3, -0.25) is 19.8 Å². The van der Waals surface area contributed by atoms with Crippen LogP contribution in [-0.2, 0) is 9.59 Å². The third-order valence-electron chi connectivity index (χ3n) is 4.40. The molecular formula is C21H15ClN4O2S. The Kier molecular flexibility index (Phi) is 5.00. The Morgan fingerprint density at radius 1 is 1.03 bits per heavy atom. The van der Waals surface area contributed by atoms with Crippen molar-refractivity contribution in [1.29, 1.82) is 0 Å². The molecule has 1 saturated heterocycles. The third kappa shape index (κ3) is 3.83. The molecule has 0 unspecified atom stereocenters. The van der Waals surface area contributed by atoms with E-state index in [-0.39, 0.29) is 10.7 Å². The molecule has 0 spiro atoms. The largest absolute Gasteiger partial charge is 0.298 e. The predicted octanol–water partition coefficient (Wildman–Crippen LogP) is 3.67. The van der Waals surface area contributed by atoms with Crippen molar-refractivity contribution in [2.75, 3.05) is 4.90 Å². The molecule has 1 fully saturated rings. The highest BCUT2D eigenvalue weighted by atomic mass is 35.5. The highest BCUT2D eigenvalue weighted by Gasteiger charge is 2.34. The number of carbonyl (C=O) groups excluding carboxylic acids is 2. The average Bonchev–Trinajstić information content (AvgIpc) is 3.16. The first-order valence-corrected chi connectivity index (χ1v) is 9.50. The van der Waals surface area contributed by atoms with Crippen molar-refractivity contribution >= 4 is 52.5 Å². The fraction of sp³-hybridized carbons (Fsp3) is 0.0476. The number of amides is 2. The van der Waals surface area contributed by atoms with E-state index in [1.807, 2.05) is 31.2 Å². The molecular weight excluding hydrogens is 408 g/mol. The molecule has 0 atom stereocenters. The number of nitrogens with zero attached hydrogens (tertiary/aromatic N) is 3. The first kappa shape index (κ1) is 19.0. The van der Waals surface area contributed by atoms with Crippen LogP contribution in [0.4, 0.5) is 5.69 Å². The van der Waals surface area contributed by atoms with E-state index in [1.54, 1.807) is 41.3 Å². The number of aromatic nitrogens is 2.